The monoisotopic (exact) mass is 302 g/mol. The molecule has 0 atom stereocenters. The van der Waals surface area contributed by atoms with Crippen LogP contribution in [0.2, 0.25) is 0 Å². The summed E-state index contributed by atoms with van der Waals surface area (Å²) in [5.41, 5.74) is 0. The quantitative estimate of drug-likeness (QED) is 0.515. The predicted molar refractivity (Wildman–Crippen MR) is 89.3 cm³/mol. The van der Waals surface area contributed by atoms with Crippen molar-refractivity contribution in [1.29, 1.82) is 0 Å². The Hall–Kier alpha value is 0.620. The van der Waals surface area contributed by atoms with Gasteiger partial charge < -0.3 is 0 Å². The fourth-order valence-electron chi connectivity index (χ4n) is 3.29. The topological polar surface area (TPSA) is 6.48 Å². The summed E-state index contributed by atoms with van der Waals surface area (Å²) in [6, 6.07) is 1.67. The lowest BCUT2D eigenvalue weighted by Crippen LogP contribution is -2.30. The largest absolute Gasteiger partial charge is 0.250 e. The van der Waals surface area contributed by atoms with Gasteiger partial charge in [-0.15, -0.1) is 0 Å². The van der Waals surface area contributed by atoms with Crippen LogP contribution in [0.4, 0.5) is 0 Å². The van der Waals surface area contributed by atoms with Crippen molar-refractivity contribution in [1.82, 2.24) is 8.61 Å². The molecule has 0 spiro atoms. The van der Waals surface area contributed by atoms with Crippen LogP contribution >= 0.6 is 23.9 Å². The van der Waals surface area contributed by atoms with Crippen LogP contribution in [0.3, 0.4) is 0 Å². The molecular weight excluding hydrogens is 272 g/mol. The standard InChI is InChI=1S/C15H30N2S2/c1-16(14-9-5-3-6-10-14)18-13-19-17(2)15-11-7-4-8-12-15/h14-15H,3-13H2,1-2H3. The number of hydrogen-bond acceptors (Lipinski definition) is 4. The van der Waals surface area contributed by atoms with Gasteiger partial charge in [0.2, 0.25) is 0 Å². The van der Waals surface area contributed by atoms with E-state index in [4.69, 9.17) is 0 Å². The van der Waals surface area contributed by atoms with Crippen molar-refractivity contribution < 1.29 is 0 Å². The van der Waals surface area contributed by atoms with Gasteiger partial charge in [-0.25, -0.2) is 8.61 Å². The maximum absolute atomic E-state index is 2.53. The molecule has 0 amide bonds. The number of nitrogens with zero attached hydrogens (tertiary/aromatic N) is 2. The molecule has 2 rings (SSSR count). The van der Waals surface area contributed by atoms with Crippen LogP contribution in [0.15, 0.2) is 0 Å². The van der Waals surface area contributed by atoms with Gasteiger partial charge in [-0.1, -0.05) is 62.4 Å². The van der Waals surface area contributed by atoms with Crippen molar-refractivity contribution in [2.24, 2.45) is 0 Å². The van der Waals surface area contributed by atoms with Gasteiger partial charge in [-0.2, -0.15) is 0 Å². The van der Waals surface area contributed by atoms with E-state index in [9.17, 15) is 0 Å². The van der Waals surface area contributed by atoms with Crippen molar-refractivity contribution in [2.45, 2.75) is 76.3 Å². The fourth-order valence-corrected chi connectivity index (χ4v) is 5.65. The Morgan fingerprint density at radius 3 is 1.42 bits per heavy atom. The van der Waals surface area contributed by atoms with Crippen LogP contribution in [0.5, 0.6) is 0 Å². The first-order valence-corrected chi connectivity index (χ1v) is 9.87. The highest BCUT2D eigenvalue weighted by molar-refractivity contribution is 8.13. The van der Waals surface area contributed by atoms with Gasteiger partial charge in [-0.3, -0.25) is 0 Å². The van der Waals surface area contributed by atoms with E-state index in [0.29, 0.717) is 0 Å². The Balaban J connectivity index is 1.59. The molecule has 2 fully saturated rings. The number of rotatable bonds is 6. The minimum atomic E-state index is 0.833. The summed E-state index contributed by atoms with van der Waals surface area (Å²) in [5.74, 6) is 0. The van der Waals surface area contributed by atoms with Crippen LogP contribution in [0, 0.1) is 0 Å². The van der Waals surface area contributed by atoms with Gasteiger partial charge in [-0.05, 0) is 39.8 Å². The average Bonchev–Trinajstić information content (AvgIpc) is 2.49. The summed E-state index contributed by atoms with van der Waals surface area (Å²) in [6.07, 6.45) is 14.3. The van der Waals surface area contributed by atoms with Crippen molar-refractivity contribution in [3.63, 3.8) is 0 Å². The molecule has 0 aromatic carbocycles. The normalized spacial score (nSPS) is 23.4. The third-order valence-electron chi connectivity index (χ3n) is 4.69. The highest BCUT2D eigenvalue weighted by Gasteiger charge is 2.20. The molecule has 0 aromatic rings. The lowest BCUT2D eigenvalue weighted by atomic mass is 9.96. The molecule has 0 unspecified atom stereocenters. The van der Waals surface area contributed by atoms with Crippen LogP contribution in [0.25, 0.3) is 0 Å². The molecule has 4 heteroatoms. The van der Waals surface area contributed by atoms with Crippen LogP contribution in [-0.2, 0) is 0 Å². The summed E-state index contributed by atoms with van der Waals surface area (Å²) >= 11 is 4.06. The van der Waals surface area contributed by atoms with E-state index in [-0.39, 0.29) is 0 Å². The molecule has 0 bridgehead atoms. The Morgan fingerprint density at radius 1 is 0.684 bits per heavy atom. The highest BCUT2D eigenvalue weighted by Crippen LogP contribution is 2.30. The third-order valence-corrected chi connectivity index (χ3v) is 6.94. The lowest BCUT2D eigenvalue weighted by Gasteiger charge is -2.32. The molecule has 0 aliphatic heterocycles. The minimum absolute atomic E-state index is 0.833. The lowest BCUT2D eigenvalue weighted by molar-refractivity contribution is 0.304. The zero-order chi connectivity index (χ0) is 13.5. The van der Waals surface area contributed by atoms with E-state index in [0.717, 1.165) is 12.1 Å². The van der Waals surface area contributed by atoms with Crippen molar-refractivity contribution in [2.75, 3.05) is 19.2 Å². The average molecular weight is 303 g/mol. The Bertz CT molecular complexity index is 214. The third kappa shape index (κ3) is 5.49. The number of hydrogen-bond donors (Lipinski definition) is 0. The summed E-state index contributed by atoms with van der Waals surface area (Å²) in [7, 11) is 4.59. The zero-order valence-electron chi connectivity index (χ0n) is 12.6. The van der Waals surface area contributed by atoms with Crippen LogP contribution < -0.4 is 0 Å². The smallest absolute Gasteiger partial charge is 0.0687 e. The molecule has 2 aliphatic rings. The second-order valence-corrected chi connectivity index (χ2v) is 8.66. The fraction of sp³-hybridized carbons (Fsp3) is 1.00. The first kappa shape index (κ1) is 16.0. The van der Waals surface area contributed by atoms with E-state index in [1.165, 1.54) is 69.3 Å². The SMILES string of the molecule is CN(SCSN(C)C1CCCCC1)C1CCCCC1. The molecule has 0 N–H and O–H groups in total. The van der Waals surface area contributed by atoms with Gasteiger partial charge >= 0.3 is 0 Å². The molecule has 2 saturated carbocycles. The highest BCUT2D eigenvalue weighted by atomic mass is 32.2. The van der Waals surface area contributed by atoms with Gasteiger partial charge in [0, 0.05) is 12.1 Å². The van der Waals surface area contributed by atoms with Crippen LogP contribution in [0.1, 0.15) is 64.2 Å². The molecule has 0 heterocycles. The van der Waals surface area contributed by atoms with Crippen molar-refractivity contribution in [3.8, 4) is 0 Å². The Morgan fingerprint density at radius 2 is 1.05 bits per heavy atom. The molecule has 0 aromatic heterocycles. The van der Waals surface area contributed by atoms with E-state index >= 15 is 0 Å². The summed E-state index contributed by atoms with van der Waals surface area (Å²) in [6.45, 7) is 0. The summed E-state index contributed by atoms with van der Waals surface area (Å²) in [4.78, 5) is 0. The Labute approximate surface area is 128 Å². The molecule has 2 aliphatic carbocycles. The van der Waals surface area contributed by atoms with Crippen LogP contribution in [-0.4, -0.2) is 39.9 Å². The molecule has 2 nitrogen and oxygen atoms in total. The summed E-state index contributed by atoms with van der Waals surface area (Å²) < 4.78 is 5.06. The van der Waals surface area contributed by atoms with Gasteiger partial charge in [0.25, 0.3) is 0 Å². The molecule has 0 saturated heterocycles. The first-order chi connectivity index (χ1) is 9.27. The van der Waals surface area contributed by atoms with Crippen molar-refractivity contribution in [3.05, 3.63) is 0 Å². The second kappa shape index (κ2) is 8.81. The van der Waals surface area contributed by atoms with E-state index in [1.54, 1.807) is 0 Å². The maximum Gasteiger partial charge on any atom is 0.0687 e. The van der Waals surface area contributed by atoms with E-state index in [1.807, 2.05) is 23.9 Å². The molecule has 0 radical (unpaired) electrons. The first-order valence-electron chi connectivity index (χ1n) is 7.99. The van der Waals surface area contributed by atoms with E-state index in [2.05, 4.69) is 22.7 Å². The van der Waals surface area contributed by atoms with Gasteiger partial charge in [0.15, 0.2) is 0 Å². The Kier molecular flexibility index (Phi) is 7.42. The van der Waals surface area contributed by atoms with Gasteiger partial charge in [0.05, 0.1) is 5.08 Å². The predicted octanol–water partition coefficient (Wildman–Crippen LogP) is 4.77. The second-order valence-electron chi connectivity index (χ2n) is 6.05. The molecular formula is C15H30N2S2. The van der Waals surface area contributed by atoms with Gasteiger partial charge in [0.1, 0.15) is 0 Å². The molecule has 112 valence electrons. The van der Waals surface area contributed by atoms with Crippen molar-refractivity contribution >= 4 is 23.9 Å². The minimum Gasteiger partial charge on any atom is -0.250 e. The molecule has 19 heavy (non-hydrogen) atoms. The van der Waals surface area contributed by atoms with E-state index < -0.39 is 0 Å². The maximum atomic E-state index is 2.53. The zero-order valence-corrected chi connectivity index (χ0v) is 14.3. The summed E-state index contributed by atoms with van der Waals surface area (Å²) in [5, 5.41) is 1.18.